The molecule has 1 fully saturated rings. The zero-order chi connectivity index (χ0) is 19.6. The molecule has 2 N–H and O–H groups in total. The molecule has 0 unspecified atom stereocenters. The number of benzene rings is 1. The fourth-order valence-electron chi connectivity index (χ4n) is 3.20. The van der Waals surface area contributed by atoms with Gasteiger partial charge in [-0.2, -0.15) is 0 Å². The number of hydrogen-bond acceptors (Lipinski definition) is 5. The lowest BCUT2D eigenvalue weighted by Gasteiger charge is -2.34. The van der Waals surface area contributed by atoms with E-state index in [9.17, 15) is 4.39 Å². The molecule has 0 radical (unpaired) electrons. The van der Waals surface area contributed by atoms with Crippen molar-refractivity contribution in [3.8, 4) is 0 Å². The van der Waals surface area contributed by atoms with Gasteiger partial charge in [0.2, 0.25) is 5.95 Å². The Kier molecular flexibility index (Phi) is 7.54. The van der Waals surface area contributed by atoms with Crippen LogP contribution in [0, 0.1) is 5.82 Å². The van der Waals surface area contributed by atoms with Crippen LogP contribution in [-0.4, -0.2) is 73.7 Å². The molecule has 0 amide bonds. The van der Waals surface area contributed by atoms with Gasteiger partial charge in [0.05, 0.1) is 0 Å². The van der Waals surface area contributed by atoms with Crippen molar-refractivity contribution >= 4 is 11.9 Å². The second-order valence-electron chi connectivity index (χ2n) is 6.68. The average Bonchev–Trinajstić information content (AvgIpc) is 2.74. The maximum Gasteiger partial charge on any atom is 0.225 e. The molecule has 28 heavy (non-hydrogen) atoms. The standard InChI is InChI=1S/C20H28FN7/c1-22-19(23-9-6-17-4-2-5-18(21)16-17)24-10-11-27-12-14-28(15-13-27)20-25-7-3-8-26-20/h2-5,7-8,16H,6,9-15H2,1H3,(H2,22,23,24). The normalized spacial score (nSPS) is 15.5. The van der Waals surface area contributed by atoms with Crippen LogP contribution in [0.2, 0.25) is 0 Å². The van der Waals surface area contributed by atoms with Crippen LogP contribution in [0.15, 0.2) is 47.7 Å². The molecule has 1 aliphatic heterocycles. The van der Waals surface area contributed by atoms with Gasteiger partial charge in [-0.1, -0.05) is 12.1 Å². The Morgan fingerprint density at radius 1 is 1.07 bits per heavy atom. The molecule has 1 aromatic heterocycles. The Morgan fingerprint density at radius 3 is 2.54 bits per heavy atom. The first-order valence-electron chi connectivity index (χ1n) is 9.68. The van der Waals surface area contributed by atoms with Crippen molar-refractivity contribution in [3.05, 3.63) is 54.1 Å². The third-order valence-electron chi connectivity index (χ3n) is 4.75. The van der Waals surface area contributed by atoms with Crippen molar-refractivity contribution in [2.75, 3.05) is 57.8 Å². The number of rotatable bonds is 7. The Morgan fingerprint density at radius 2 is 1.82 bits per heavy atom. The molecule has 150 valence electrons. The highest BCUT2D eigenvalue weighted by Crippen LogP contribution is 2.09. The minimum atomic E-state index is -0.195. The van der Waals surface area contributed by atoms with Gasteiger partial charge >= 0.3 is 0 Å². The highest BCUT2D eigenvalue weighted by atomic mass is 19.1. The highest BCUT2D eigenvalue weighted by Gasteiger charge is 2.18. The topological polar surface area (TPSA) is 68.7 Å². The summed E-state index contributed by atoms with van der Waals surface area (Å²) in [5, 5.41) is 6.62. The quantitative estimate of drug-likeness (QED) is 0.550. The van der Waals surface area contributed by atoms with Crippen molar-refractivity contribution in [3.63, 3.8) is 0 Å². The molecular formula is C20H28FN7. The minimum absolute atomic E-state index is 0.195. The van der Waals surface area contributed by atoms with E-state index in [-0.39, 0.29) is 5.82 Å². The number of guanidine groups is 1. The third-order valence-corrected chi connectivity index (χ3v) is 4.75. The molecule has 2 aromatic rings. The van der Waals surface area contributed by atoms with E-state index in [1.54, 1.807) is 31.6 Å². The number of aromatic nitrogens is 2. The molecule has 7 nitrogen and oxygen atoms in total. The summed E-state index contributed by atoms with van der Waals surface area (Å²) in [5.74, 6) is 1.38. The van der Waals surface area contributed by atoms with E-state index in [2.05, 4.69) is 35.4 Å². The van der Waals surface area contributed by atoms with Gasteiger partial charge in [0.15, 0.2) is 5.96 Å². The minimum Gasteiger partial charge on any atom is -0.356 e. The number of aliphatic imine (C=N–C) groups is 1. The molecule has 3 rings (SSSR count). The van der Waals surface area contributed by atoms with Crippen LogP contribution in [0.25, 0.3) is 0 Å². The molecule has 0 atom stereocenters. The zero-order valence-corrected chi connectivity index (χ0v) is 16.3. The molecule has 1 aliphatic rings. The van der Waals surface area contributed by atoms with Crippen LogP contribution in [0.4, 0.5) is 10.3 Å². The molecule has 0 spiro atoms. The van der Waals surface area contributed by atoms with Gasteiger partial charge in [0, 0.05) is 65.3 Å². The Labute approximate surface area is 165 Å². The van der Waals surface area contributed by atoms with Crippen molar-refractivity contribution in [2.24, 2.45) is 4.99 Å². The van der Waals surface area contributed by atoms with Crippen molar-refractivity contribution in [2.45, 2.75) is 6.42 Å². The molecule has 1 saturated heterocycles. The van der Waals surface area contributed by atoms with Crippen LogP contribution < -0.4 is 15.5 Å². The summed E-state index contributed by atoms with van der Waals surface area (Å²) in [6.07, 6.45) is 4.32. The largest absolute Gasteiger partial charge is 0.356 e. The fourth-order valence-corrected chi connectivity index (χ4v) is 3.20. The Bertz CT molecular complexity index is 745. The highest BCUT2D eigenvalue weighted by molar-refractivity contribution is 5.79. The summed E-state index contributed by atoms with van der Waals surface area (Å²) in [6, 6.07) is 8.54. The van der Waals surface area contributed by atoms with E-state index in [0.29, 0.717) is 6.54 Å². The maximum absolute atomic E-state index is 13.2. The lowest BCUT2D eigenvalue weighted by molar-refractivity contribution is 0.260. The molecular weight excluding hydrogens is 357 g/mol. The number of piperazine rings is 1. The summed E-state index contributed by atoms with van der Waals surface area (Å²) >= 11 is 0. The summed E-state index contributed by atoms with van der Waals surface area (Å²) in [6.45, 7) is 6.33. The lowest BCUT2D eigenvalue weighted by atomic mass is 10.1. The third kappa shape index (κ3) is 6.16. The van der Waals surface area contributed by atoms with Gasteiger partial charge < -0.3 is 15.5 Å². The van der Waals surface area contributed by atoms with E-state index in [1.807, 2.05) is 12.1 Å². The number of hydrogen-bond donors (Lipinski definition) is 2. The van der Waals surface area contributed by atoms with Crippen LogP contribution in [-0.2, 0) is 6.42 Å². The number of nitrogens with one attached hydrogen (secondary N) is 2. The number of nitrogens with zero attached hydrogens (tertiary/aromatic N) is 5. The van der Waals surface area contributed by atoms with Crippen LogP contribution >= 0.6 is 0 Å². The van der Waals surface area contributed by atoms with E-state index in [1.165, 1.54) is 6.07 Å². The summed E-state index contributed by atoms with van der Waals surface area (Å²) in [5.41, 5.74) is 0.975. The second-order valence-corrected chi connectivity index (χ2v) is 6.68. The van der Waals surface area contributed by atoms with Gasteiger partial charge in [-0.05, 0) is 30.2 Å². The van der Waals surface area contributed by atoms with Gasteiger partial charge in [-0.15, -0.1) is 0 Å². The predicted molar refractivity (Wildman–Crippen MR) is 110 cm³/mol. The molecule has 0 saturated carbocycles. The van der Waals surface area contributed by atoms with Gasteiger partial charge in [0.25, 0.3) is 0 Å². The maximum atomic E-state index is 13.2. The zero-order valence-electron chi connectivity index (χ0n) is 16.3. The smallest absolute Gasteiger partial charge is 0.225 e. The fraction of sp³-hybridized carbons (Fsp3) is 0.450. The van der Waals surface area contributed by atoms with Gasteiger partial charge in [-0.25, -0.2) is 14.4 Å². The average molecular weight is 385 g/mol. The Balaban J connectivity index is 1.31. The SMILES string of the molecule is CN=C(NCCc1cccc(F)c1)NCCN1CCN(c2ncccn2)CC1. The first kappa shape index (κ1) is 20.0. The van der Waals surface area contributed by atoms with E-state index in [0.717, 1.165) is 63.2 Å². The first-order valence-corrected chi connectivity index (χ1v) is 9.68. The van der Waals surface area contributed by atoms with E-state index in [4.69, 9.17) is 0 Å². The monoisotopic (exact) mass is 385 g/mol. The Hall–Kier alpha value is -2.74. The lowest BCUT2D eigenvalue weighted by Crippen LogP contribution is -2.49. The van der Waals surface area contributed by atoms with Gasteiger partial charge in [-0.3, -0.25) is 9.89 Å². The molecule has 0 bridgehead atoms. The van der Waals surface area contributed by atoms with Crippen LogP contribution in [0.1, 0.15) is 5.56 Å². The van der Waals surface area contributed by atoms with Crippen molar-refractivity contribution in [1.29, 1.82) is 0 Å². The second kappa shape index (κ2) is 10.6. The van der Waals surface area contributed by atoms with Gasteiger partial charge in [0.1, 0.15) is 5.82 Å². The van der Waals surface area contributed by atoms with Crippen molar-refractivity contribution in [1.82, 2.24) is 25.5 Å². The van der Waals surface area contributed by atoms with Crippen LogP contribution in [0.5, 0.6) is 0 Å². The number of halogens is 1. The molecule has 8 heteroatoms. The van der Waals surface area contributed by atoms with E-state index >= 15 is 0 Å². The summed E-state index contributed by atoms with van der Waals surface area (Å²) < 4.78 is 13.2. The van der Waals surface area contributed by atoms with Crippen molar-refractivity contribution < 1.29 is 4.39 Å². The summed E-state index contributed by atoms with van der Waals surface area (Å²) in [4.78, 5) is 17.5. The van der Waals surface area contributed by atoms with Crippen LogP contribution in [0.3, 0.4) is 0 Å². The molecule has 2 heterocycles. The van der Waals surface area contributed by atoms with E-state index < -0.39 is 0 Å². The predicted octanol–water partition coefficient (Wildman–Crippen LogP) is 1.15. The molecule has 1 aromatic carbocycles. The summed E-state index contributed by atoms with van der Waals surface area (Å²) in [7, 11) is 1.76. The molecule has 0 aliphatic carbocycles. The number of anilines is 1. The first-order chi connectivity index (χ1) is 13.7.